The molecule has 10 heteroatoms. The van der Waals surface area contributed by atoms with Gasteiger partial charge in [-0.15, -0.1) is 5.10 Å². The zero-order valence-corrected chi connectivity index (χ0v) is 17.9. The van der Waals surface area contributed by atoms with Crippen molar-refractivity contribution in [3.05, 3.63) is 11.9 Å². The summed E-state index contributed by atoms with van der Waals surface area (Å²) in [5, 5.41) is 47.4. The van der Waals surface area contributed by atoms with E-state index < -0.39 is 36.3 Å². The number of aliphatic hydroxyl groups excluding tert-OH is 3. The molecule has 4 N–H and O–H groups in total. The van der Waals surface area contributed by atoms with E-state index in [2.05, 4.69) is 10.3 Å². The molecule has 1 saturated heterocycles. The summed E-state index contributed by atoms with van der Waals surface area (Å²) in [6.45, 7) is 10.2. The molecule has 168 valence electrons. The summed E-state index contributed by atoms with van der Waals surface area (Å²) < 4.78 is 18.4. The van der Waals surface area contributed by atoms with Crippen LogP contribution in [0.3, 0.4) is 0 Å². The number of aliphatic hydroxyl groups is 4. The molecule has 0 aromatic carbocycles. The maximum absolute atomic E-state index is 9.97. The van der Waals surface area contributed by atoms with Gasteiger partial charge in [-0.3, -0.25) is 4.68 Å². The topological polar surface area (TPSA) is 139 Å². The van der Waals surface area contributed by atoms with E-state index in [9.17, 15) is 20.4 Å². The smallest absolute Gasteiger partial charge is 0.186 e. The number of nitrogens with zero attached hydrogens (tertiary/aromatic N) is 3. The molecule has 5 unspecified atom stereocenters. The third-order valence-electron chi connectivity index (χ3n) is 4.94. The highest BCUT2D eigenvalue weighted by molar-refractivity contribution is 4.92. The molecule has 0 saturated carbocycles. The fraction of sp³-hybridized carbons (Fsp3) is 0.895. The molecule has 5 atom stereocenters. The second kappa shape index (κ2) is 9.78. The highest BCUT2D eigenvalue weighted by Crippen LogP contribution is 2.22. The number of hydrogen-bond acceptors (Lipinski definition) is 9. The van der Waals surface area contributed by atoms with Gasteiger partial charge in [-0.2, -0.15) is 0 Å². The molecule has 1 fully saturated rings. The van der Waals surface area contributed by atoms with Crippen molar-refractivity contribution in [2.24, 2.45) is 0 Å². The summed E-state index contributed by atoms with van der Waals surface area (Å²) in [7, 11) is 0. The van der Waals surface area contributed by atoms with Crippen LogP contribution in [0.2, 0.25) is 0 Å². The number of aromatic nitrogens is 3. The molecule has 1 aromatic heterocycles. The van der Waals surface area contributed by atoms with Crippen LogP contribution in [0.5, 0.6) is 0 Å². The van der Waals surface area contributed by atoms with E-state index >= 15 is 0 Å². The van der Waals surface area contributed by atoms with E-state index in [1.807, 2.05) is 13.8 Å². The Morgan fingerprint density at radius 2 is 1.79 bits per heavy atom. The van der Waals surface area contributed by atoms with Crippen molar-refractivity contribution in [3.8, 4) is 0 Å². The van der Waals surface area contributed by atoms with E-state index in [1.54, 1.807) is 31.6 Å². The van der Waals surface area contributed by atoms with Gasteiger partial charge in [0.05, 0.1) is 36.7 Å². The van der Waals surface area contributed by atoms with Gasteiger partial charge in [-0.1, -0.05) is 5.21 Å². The minimum absolute atomic E-state index is 0.0444. The van der Waals surface area contributed by atoms with Gasteiger partial charge in [0.25, 0.3) is 0 Å². The second-order valence-corrected chi connectivity index (χ2v) is 8.89. The van der Waals surface area contributed by atoms with Crippen molar-refractivity contribution in [1.82, 2.24) is 15.0 Å². The Balaban J connectivity index is 1.77. The molecule has 1 aliphatic heterocycles. The summed E-state index contributed by atoms with van der Waals surface area (Å²) >= 11 is 0. The predicted molar refractivity (Wildman–Crippen MR) is 103 cm³/mol. The first-order valence-corrected chi connectivity index (χ1v) is 9.94. The third-order valence-corrected chi connectivity index (χ3v) is 4.94. The van der Waals surface area contributed by atoms with Crippen LogP contribution in [0.25, 0.3) is 0 Å². The first kappa shape index (κ1) is 24.1. The Hall–Kier alpha value is -1.14. The van der Waals surface area contributed by atoms with Crippen LogP contribution >= 0.6 is 0 Å². The predicted octanol–water partition coefficient (Wildman–Crippen LogP) is -0.0315. The van der Waals surface area contributed by atoms with Gasteiger partial charge < -0.3 is 34.6 Å². The van der Waals surface area contributed by atoms with Crippen molar-refractivity contribution in [1.29, 1.82) is 0 Å². The van der Waals surface area contributed by atoms with Crippen LogP contribution in [0.4, 0.5) is 0 Å². The molecule has 0 spiro atoms. The van der Waals surface area contributed by atoms with Crippen LogP contribution in [0, 0.1) is 0 Å². The molecule has 2 heterocycles. The Morgan fingerprint density at radius 3 is 2.45 bits per heavy atom. The van der Waals surface area contributed by atoms with Crippen LogP contribution in [-0.4, -0.2) is 83.9 Å². The largest absolute Gasteiger partial charge is 0.390 e. The van der Waals surface area contributed by atoms with Crippen LogP contribution in [0.1, 0.15) is 53.2 Å². The Morgan fingerprint density at radius 1 is 1.10 bits per heavy atom. The van der Waals surface area contributed by atoms with E-state index in [0.717, 1.165) is 0 Å². The van der Waals surface area contributed by atoms with Crippen molar-refractivity contribution in [2.75, 3.05) is 6.61 Å². The van der Waals surface area contributed by atoms with Gasteiger partial charge in [0.1, 0.15) is 24.0 Å². The lowest BCUT2D eigenvalue weighted by Crippen LogP contribution is -2.57. The van der Waals surface area contributed by atoms with Crippen LogP contribution in [-0.2, 0) is 27.4 Å². The Kier molecular flexibility index (Phi) is 8.14. The van der Waals surface area contributed by atoms with E-state index in [-0.39, 0.29) is 12.2 Å². The fourth-order valence-electron chi connectivity index (χ4n) is 2.87. The molecule has 0 radical (unpaired) electrons. The molecule has 2 rings (SSSR count). The first-order chi connectivity index (χ1) is 13.4. The Labute approximate surface area is 171 Å². The van der Waals surface area contributed by atoms with Crippen LogP contribution < -0.4 is 0 Å². The van der Waals surface area contributed by atoms with E-state index in [1.165, 1.54) is 0 Å². The Bertz CT molecular complexity index is 632. The molecular formula is C19H35N3O7. The minimum atomic E-state index is -1.35. The quantitative estimate of drug-likeness (QED) is 0.413. The number of ether oxygens (including phenoxy) is 3. The number of rotatable bonds is 10. The van der Waals surface area contributed by atoms with Gasteiger partial charge in [-0.05, 0) is 47.5 Å². The molecule has 0 aliphatic carbocycles. The summed E-state index contributed by atoms with van der Waals surface area (Å²) in [4.78, 5) is 0. The fourth-order valence-corrected chi connectivity index (χ4v) is 2.87. The zero-order valence-electron chi connectivity index (χ0n) is 17.9. The van der Waals surface area contributed by atoms with Crippen molar-refractivity contribution < 1.29 is 34.6 Å². The zero-order chi connectivity index (χ0) is 21.8. The van der Waals surface area contributed by atoms with Gasteiger partial charge in [0.2, 0.25) is 0 Å². The van der Waals surface area contributed by atoms with E-state index in [0.29, 0.717) is 31.7 Å². The standard InChI is InChI=1S/C19H35N3O7/c1-12-14(23)15(24)16(25)17(29-12)27-11-13-10-22(21-20-13)8-6-19(4,5)28-9-7-18(2,3)26/h10,12,14-17,23-26H,6-9,11H2,1-5H3. The molecule has 0 bridgehead atoms. The van der Waals surface area contributed by atoms with Crippen molar-refractivity contribution in [2.45, 2.75) is 103 Å². The lowest BCUT2D eigenvalue weighted by molar-refractivity contribution is -0.296. The van der Waals surface area contributed by atoms with E-state index in [4.69, 9.17) is 14.2 Å². The number of hydrogen-bond donors (Lipinski definition) is 4. The molecule has 10 nitrogen and oxygen atoms in total. The monoisotopic (exact) mass is 417 g/mol. The molecule has 29 heavy (non-hydrogen) atoms. The van der Waals surface area contributed by atoms with Gasteiger partial charge in [0, 0.05) is 6.54 Å². The summed E-state index contributed by atoms with van der Waals surface area (Å²) in [5.41, 5.74) is -0.575. The average molecular weight is 418 g/mol. The first-order valence-electron chi connectivity index (χ1n) is 9.94. The summed E-state index contributed by atoms with van der Waals surface area (Å²) in [6.07, 6.45) is -2.58. The lowest BCUT2D eigenvalue weighted by atomic mass is 10.0. The highest BCUT2D eigenvalue weighted by Gasteiger charge is 2.42. The van der Waals surface area contributed by atoms with Crippen molar-refractivity contribution in [3.63, 3.8) is 0 Å². The number of aryl methyl sites for hydroxylation is 1. The molecule has 1 aromatic rings. The van der Waals surface area contributed by atoms with Gasteiger partial charge in [-0.25, -0.2) is 0 Å². The third kappa shape index (κ3) is 7.56. The lowest BCUT2D eigenvalue weighted by Gasteiger charge is -2.38. The average Bonchev–Trinajstić information content (AvgIpc) is 3.07. The SMILES string of the molecule is CC1OC(OCc2cn(CCC(C)(C)OCCC(C)(C)O)nn2)C(O)C(O)C1O. The minimum Gasteiger partial charge on any atom is -0.390 e. The molecule has 0 amide bonds. The normalized spacial score (nSPS) is 28.7. The second-order valence-electron chi connectivity index (χ2n) is 8.89. The highest BCUT2D eigenvalue weighted by atomic mass is 16.7. The van der Waals surface area contributed by atoms with Crippen molar-refractivity contribution >= 4 is 0 Å². The van der Waals surface area contributed by atoms with Gasteiger partial charge >= 0.3 is 0 Å². The summed E-state index contributed by atoms with van der Waals surface area (Å²) in [5.74, 6) is 0. The van der Waals surface area contributed by atoms with Crippen LogP contribution in [0.15, 0.2) is 6.20 Å². The van der Waals surface area contributed by atoms with Gasteiger partial charge in [0.15, 0.2) is 6.29 Å². The maximum atomic E-state index is 9.97. The maximum Gasteiger partial charge on any atom is 0.186 e. The summed E-state index contributed by atoms with van der Waals surface area (Å²) in [6, 6.07) is 0. The molecule has 1 aliphatic rings. The molecular weight excluding hydrogens is 382 g/mol.